The van der Waals surface area contributed by atoms with Crippen LogP contribution in [0.15, 0.2) is 30.3 Å². The Morgan fingerprint density at radius 3 is 2.46 bits per heavy atom. The quantitative estimate of drug-likeness (QED) is 0.372. The second-order valence-corrected chi connectivity index (χ2v) is 7.24. The van der Waals surface area contributed by atoms with E-state index in [4.69, 9.17) is 9.47 Å². The number of β-lactam (4-membered cyclic amide) rings is 1. The van der Waals surface area contributed by atoms with Crippen LogP contribution in [0.5, 0.6) is 5.75 Å². The Labute approximate surface area is 156 Å². The molecule has 0 saturated carbocycles. The normalized spacial score (nSPS) is 20.8. The average Bonchev–Trinajstić information content (AvgIpc) is 2.57. The van der Waals surface area contributed by atoms with Crippen LogP contribution in [0.2, 0.25) is 0 Å². The largest absolute Gasteiger partial charge is 0.484 e. The van der Waals surface area contributed by atoms with Gasteiger partial charge in [-0.1, -0.05) is 18.2 Å². The van der Waals surface area contributed by atoms with Crippen molar-refractivity contribution < 1.29 is 29.0 Å². The van der Waals surface area contributed by atoms with Crippen LogP contribution in [0.1, 0.15) is 20.8 Å². The molecule has 1 aliphatic heterocycles. The summed E-state index contributed by atoms with van der Waals surface area (Å²) in [6.45, 7) is 4.65. The third-order valence-corrected chi connectivity index (χ3v) is 3.96. The number of likely N-dealkylation sites (tertiary alicyclic amines) is 1. The second kappa shape index (κ2) is 7.96. The molecule has 0 spiro atoms. The van der Waals surface area contributed by atoms with Gasteiger partial charge in [0.15, 0.2) is 6.61 Å². The lowest BCUT2D eigenvalue weighted by Crippen LogP contribution is -2.72. The SMILES string of the molecule is CC(C)(C)OC(=O)C(O)N1C(=O)C(NC(=O)COc2ccccc2)C1S. The molecule has 1 aliphatic rings. The van der Waals surface area contributed by atoms with Crippen LogP contribution in [0.3, 0.4) is 0 Å². The topological polar surface area (TPSA) is 105 Å². The summed E-state index contributed by atoms with van der Waals surface area (Å²) in [6, 6.07) is 7.78. The number of nitrogens with one attached hydrogen (secondary N) is 1. The fourth-order valence-electron chi connectivity index (χ4n) is 2.25. The van der Waals surface area contributed by atoms with Gasteiger partial charge in [0.2, 0.25) is 6.23 Å². The summed E-state index contributed by atoms with van der Waals surface area (Å²) >= 11 is 4.17. The zero-order valence-corrected chi connectivity index (χ0v) is 15.6. The highest BCUT2D eigenvalue weighted by molar-refractivity contribution is 7.81. The minimum absolute atomic E-state index is 0.275. The molecule has 142 valence electrons. The summed E-state index contributed by atoms with van der Waals surface area (Å²) in [5.41, 5.74) is -0.805. The van der Waals surface area contributed by atoms with Crippen LogP contribution in [0.25, 0.3) is 0 Å². The molecule has 0 aliphatic carbocycles. The minimum Gasteiger partial charge on any atom is -0.484 e. The zero-order valence-electron chi connectivity index (χ0n) is 14.7. The summed E-state index contributed by atoms with van der Waals surface area (Å²) in [5.74, 6) is -1.58. The molecule has 2 rings (SSSR count). The summed E-state index contributed by atoms with van der Waals surface area (Å²) < 4.78 is 10.3. The molecule has 2 N–H and O–H groups in total. The lowest BCUT2D eigenvalue weighted by molar-refractivity contribution is -0.189. The number of rotatable bonds is 6. The van der Waals surface area contributed by atoms with E-state index < -0.39 is 41.0 Å². The van der Waals surface area contributed by atoms with E-state index in [-0.39, 0.29) is 6.61 Å². The van der Waals surface area contributed by atoms with E-state index in [9.17, 15) is 19.5 Å². The molecule has 0 bridgehead atoms. The van der Waals surface area contributed by atoms with Crippen molar-refractivity contribution in [2.24, 2.45) is 0 Å². The first kappa shape index (κ1) is 20.1. The molecule has 26 heavy (non-hydrogen) atoms. The van der Waals surface area contributed by atoms with Gasteiger partial charge in [-0.25, -0.2) is 4.79 Å². The summed E-state index contributed by atoms with van der Waals surface area (Å²) in [6.07, 6.45) is -1.78. The van der Waals surface area contributed by atoms with Crippen molar-refractivity contribution in [3.63, 3.8) is 0 Å². The van der Waals surface area contributed by atoms with Gasteiger partial charge in [0.1, 0.15) is 22.8 Å². The minimum atomic E-state index is -1.78. The summed E-state index contributed by atoms with van der Waals surface area (Å²) in [5, 5.41) is 11.6. The van der Waals surface area contributed by atoms with Gasteiger partial charge >= 0.3 is 5.97 Å². The van der Waals surface area contributed by atoms with Crippen LogP contribution in [-0.2, 0) is 19.1 Å². The first-order valence-electron chi connectivity index (χ1n) is 7.98. The van der Waals surface area contributed by atoms with E-state index in [1.165, 1.54) is 0 Å². The number of carbonyl (C=O) groups excluding carboxylic acids is 3. The molecule has 0 aromatic heterocycles. The maximum absolute atomic E-state index is 12.1. The first-order valence-corrected chi connectivity index (χ1v) is 8.50. The van der Waals surface area contributed by atoms with E-state index in [1.807, 2.05) is 6.07 Å². The molecule has 0 radical (unpaired) electrons. The molecular formula is C17H22N2O6S. The molecule has 2 amide bonds. The Bertz CT molecular complexity index is 676. The number of hydrogen-bond donors (Lipinski definition) is 3. The number of para-hydroxylation sites is 1. The number of ether oxygens (including phenoxy) is 2. The molecule has 8 nitrogen and oxygen atoms in total. The van der Waals surface area contributed by atoms with E-state index in [0.717, 1.165) is 4.90 Å². The van der Waals surface area contributed by atoms with Gasteiger partial charge in [-0.05, 0) is 32.9 Å². The van der Waals surface area contributed by atoms with Crippen LogP contribution in [0, 0.1) is 0 Å². The smallest absolute Gasteiger partial charge is 0.357 e. The fraction of sp³-hybridized carbons (Fsp3) is 0.471. The Balaban J connectivity index is 1.85. The van der Waals surface area contributed by atoms with Crippen molar-refractivity contribution in [3.8, 4) is 5.75 Å². The number of carbonyl (C=O) groups is 3. The predicted molar refractivity (Wildman–Crippen MR) is 95.3 cm³/mol. The molecule has 1 aromatic carbocycles. The molecule has 1 saturated heterocycles. The number of hydrogen-bond acceptors (Lipinski definition) is 7. The van der Waals surface area contributed by atoms with E-state index in [1.54, 1.807) is 45.0 Å². The lowest BCUT2D eigenvalue weighted by atomic mass is 10.1. The number of aliphatic hydroxyl groups excluding tert-OH is 1. The van der Waals surface area contributed by atoms with Crippen LogP contribution < -0.4 is 10.1 Å². The van der Waals surface area contributed by atoms with Gasteiger partial charge in [-0.2, -0.15) is 12.6 Å². The van der Waals surface area contributed by atoms with E-state index in [2.05, 4.69) is 17.9 Å². The van der Waals surface area contributed by atoms with Crippen LogP contribution in [-0.4, -0.2) is 57.6 Å². The fourth-order valence-corrected chi connectivity index (χ4v) is 2.69. The van der Waals surface area contributed by atoms with Crippen molar-refractivity contribution in [1.29, 1.82) is 0 Å². The van der Waals surface area contributed by atoms with Gasteiger partial charge in [0.25, 0.3) is 11.8 Å². The molecule has 1 heterocycles. The molecule has 1 aromatic rings. The van der Waals surface area contributed by atoms with Gasteiger partial charge < -0.3 is 19.9 Å². The molecule has 3 unspecified atom stereocenters. The predicted octanol–water partition coefficient (Wildman–Crippen LogP) is 0.308. The van der Waals surface area contributed by atoms with Crippen LogP contribution >= 0.6 is 12.6 Å². The van der Waals surface area contributed by atoms with Gasteiger partial charge in [0, 0.05) is 0 Å². The van der Waals surface area contributed by atoms with E-state index in [0.29, 0.717) is 5.75 Å². The Hall–Kier alpha value is -2.26. The number of nitrogens with zero attached hydrogens (tertiary/aromatic N) is 1. The van der Waals surface area contributed by atoms with Gasteiger partial charge in [-0.15, -0.1) is 0 Å². The third-order valence-electron chi connectivity index (χ3n) is 3.41. The monoisotopic (exact) mass is 382 g/mol. The maximum Gasteiger partial charge on any atom is 0.357 e. The Kier molecular flexibility index (Phi) is 6.14. The Morgan fingerprint density at radius 2 is 1.92 bits per heavy atom. The number of thiol groups is 1. The highest BCUT2D eigenvalue weighted by atomic mass is 32.1. The van der Waals surface area contributed by atoms with Gasteiger partial charge in [-0.3, -0.25) is 14.5 Å². The zero-order chi connectivity index (χ0) is 19.5. The van der Waals surface area contributed by atoms with Crippen LogP contribution in [0.4, 0.5) is 0 Å². The van der Waals surface area contributed by atoms with Crippen molar-refractivity contribution in [2.75, 3.05) is 6.61 Å². The molecule has 3 atom stereocenters. The number of esters is 1. The highest BCUT2D eigenvalue weighted by Gasteiger charge is 2.51. The molecule has 9 heteroatoms. The summed E-state index contributed by atoms with van der Waals surface area (Å²) in [4.78, 5) is 36.8. The van der Waals surface area contributed by atoms with Crippen molar-refractivity contribution in [3.05, 3.63) is 30.3 Å². The Morgan fingerprint density at radius 1 is 1.31 bits per heavy atom. The van der Waals surface area contributed by atoms with E-state index >= 15 is 0 Å². The summed E-state index contributed by atoms with van der Waals surface area (Å²) in [7, 11) is 0. The lowest BCUT2D eigenvalue weighted by Gasteiger charge is -2.46. The molecular weight excluding hydrogens is 360 g/mol. The average molecular weight is 382 g/mol. The standard InChI is InChI=1S/C17H22N2O6S/c1-17(2,3)25-16(23)14(22)19-13(21)12(15(19)26)18-11(20)9-24-10-7-5-4-6-8-10/h4-8,12,14-15,22,26H,9H2,1-3H3,(H,18,20). The van der Waals surface area contributed by atoms with Crippen molar-refractivity contribution in [1.82, 2.24) is 10.2 Å². The van der Waals surface area contributed by atoms with Crippen molar-refractivity contribution in [2.45, 2.75) is 44.0 Å². The number of amides is 2. The first-order chi connectivity index (χ1) is 12.1. The van der Waals surface area contributed by atoms with Crippen molar-refractivity contribution >= 4 is 30.4 Å². The number of aliphatic hydroxyl groups is 1. The molecule has 1 fully saturated rings. The maximum atomic E-state index is 12.1. The highest BCUT2D eigenvalue weighted by Crippen LogP contribution is 2.26. The third kappa shape index (κ3) is 4.89. The van der Waals surface area contributed by atoms with Gasteiger partial charge in [0.05, 0.1) is 0 Å². The second-order valence-electron chi connectivity index (χ2n) is 6.71. The number of benzene rings is 1.